The second-order valence-corrected chi connectivity index (χ2v) is 10.3. The van der Waals surface area contributed by atoms with Crippen molar-refractivity contribution >= 4 is 33.2 Å². The fourth-order valence-electron chi connectivity index (χ4n) is 3.39. The lowest BCUT2D eigenvalue weighted by Crippen LogP contribution is -2.17. The van der Waals surface area contributed by atoms with E-state index < -0.39 is 9.84 Å². The number of ether oxygens (including phenoxy) is 2. The van der Waals surface area contributed by atoms with Gasteiger partial charge in [0.2, 0.25) is 5.91 Å². The molecule has 11 heteroatoms. The van der Waals surface area contributed by atoms with Crippen LogP contribution in [-0.2, 0) is 28.1 Å². The number of rotatable bonds is 6. The zero-order valence-corrected chi connectivity index (χ0v) is 17.6. The quantitative estimate of drug-likeness (QED) is 0.672. The van der Waals surface area contributed by atoms with Crippen LogP contribution in [0.2, 0.25) is 0 Å². The van der Waals surface area contributed by atoms with E-state index in [0.29, 0.717) is 48.4 Å². The van der Waals surface area contributed by atoms with Crippen molar-refractivity contribution in [2.45, 2.75) is 18.0 Å². The predicted molar refractivity (Wildman–Crippen MR) is 108 cm³/mol. The number of aromatic nitrogens is 3. The first-order valence-corrected chi connectivity index (χ1v) is 12.1. The SMILES string of the molecule is Cn1c(CC2CCS(=O)(=O)C2)nnc1SCC(=O)Nc1ccc2c(c1)OCCO2. The Morgan fingerprint density at radius 2 is 2.07 bits per heavy atom. The van der Waals surface area contributed by atoms with Crippen LogP contribution >= 0.6 is 11.8 Å². The van der Waals surface area contributed by atoms with E-state index in [0.717, 1.165) is 5.82 Å². The summed E-state index contributed by atoms with van der Waals surface area (Å²) in [6.07, 6.45) is 1.24. The van der Waals surface area contributed by atoms with Crippen LogP contribution in [-0.4, -0.2) is 59.6 Å². The number of nitrogens with one attached hydrogen (secondary N) is 1. The van der Waals surface area contributed by atoms with E-state index in [-0.39, 0.29) is 29.1 Å². The number of fused-ring (bicyclic) bond motifs is 1. The number of carbonyl (C=O) groups excluding carboxylic acids is 1. The van der Waals surface area contributed by atoms with Gasteiger partial charge in [-0.15, -0.1) is 10.2 Å². The zero-order chi connectivity index (χ0) is 20.4. The number of hydrogen-bond donors (Lipinski definition) is 1. The molecule has 1 N–H and O–H groups in total. The molecule has 0 spiro atoms. The van der Waals surface area contributed by atoms with Gasteiger partial charge >= 0.3 is 0 Å². The molecular weight excluding hydrogens is 416 g/mol. The Bertz CT molecular complexity index is 1020. The molecule has 3 heterocycles. The van der Waals surface area contributed by atoms with Gasteiger partial charge in [-0.3, -0.25) is 4.79 Å². The fourth-order valence-corrected chi connectivity index (χ4v) is 5.98. The summed E-state index contributed by atoms with van der Waals surface area (Å²) >= 11 is 1.28. The summed E-state index contributed by atoms with van der Waals surface area (Å²) in [4.78, 5) is 12.3. The first-order valence-electron chi connectivity index (χ1n) is 9.30. The van der Waals surface area contributed by atoms with Crippen molar-refractivity contribution in [1.82, 2.24) is 14.8 Å². The lowest BCUT2D eigenvalue weighted by atomic mass is 10.1. The van der Waals surface area contributed by atoms with Crippen molar-refractivity contribution < 1.29 is 22.7 Å². The van der Waals surface area contributed by atoms with E-state index in [1.165, 1.54) is 11.8 Å². The maximum atomic E-state index is 12.3. The van der Waals surface area contributed by atoms with Crippen LogP contribution in [0.4, 0.5) is 5.69 Å². The van der Waals surface area contributed by atoms with Gasteiger partial charge in [-0.1, -0.05) is 11.8 Å². The molecule has 4 rings (SSSR count). The number of benzene rings is 1. The molecule has 1 aromatic carbocycles. The number of sulfone groups is 1. The maximum absolute atomic E-state index is 12.3. The summed E-state index contributed by atoms with van der Waals surface area (Å²) in [6.45, 7) is 1.01. The van der Waals surface area contributed by atoms with Gasteiger partial charge in [-0.25, -0.2) is 8.42 Å². The molecular formula is C18H22N4O5S2. The first kappa shape index (κ1) is 20.0. The number of carbonyl (C=O) groups is 1. The lowest BCUT2D eigenvalue weighted by Gasteiger charge is -2.18. The van der Waals surface area contributed by atoms with Gasteiger partial charge in [0.05, 0.1) is 17.3 Å². The molecule has 0 saturated carbocycles. The van der Waals surface area contributed by atoms with Crippen LogP contribution in [0.1, 0.15) is 12.2 Å². The Morgan fingerprint density at radius 1 is 1.28 bits per heavy atom. The second kappa shape index (κ2) is 8.23. The van der Waals surface area contributed by atoms with E-state index >= 15 is 0 Å². The second-order valence-electron chi connectivity index (χ2n) is 7.13. The van der Waals surface area contributed by atoms with Gasteiger partial charge < -0.3 is 19.4 Å². The van der Waals surface area contributed by atoms with Crippen molar-refractivity contribution in [3.8, 4) is 11.5 Å². The number of nitrogens with zero attached hydrogens (tertiary/aromatic N) is 3. The highest BCUT2D eigenvalue weighted by Crippen LogP contribution is 2.32. The molecule has 156 valence electrons. The number of thioether (sulfide) groups is 1. The van der Waals surface area contributed by atoms with Crippen molar-refractivity contribution in [3.63, 3.8) is 0 Å². The van der Waals surface area contributed by atoms with E-state index in [1.54, 1.807) is 18.2 Å². The number of amides is 1. The molecule has 1 atom stereocenters. The van der Waals surface area contributed by atoms with E-state index in [4.69, 9.17) is 9.47 Å². The van der Waals surface area contributed by atoms with Gasteiger partial charge in [0.25, 0.3) is 0 Å². The minimum Gasteiger partial charge on any atom is -0.486 e. The van der Waals surface area contributed by atoms with Gasteiger partial charge in [-0.05, 0) is 24.5 Å². The topological polar surface area (TPSA) is 112 Å². The van der Waals surface area contributed by atoms with Gasteiger partial charge in [0.15, 0.2) is 26.5 Å². The predicted octanol–water partition coefficient (Wildman–Crippen LogP) is 1.29. The largest absolute Gasteiger partial charge is 0.486 e. The normalized spacial score (nSPS) is 19.8. The number of anilines is 1. The van der Waals surface area contributed by atoms with Gasteiger partial charge in [0.1, 0.15) is 19.0 Å². The molecule has 9 nitrogen and oxygen atoms in total. The van der Waals surface area contributed by atoms with E-state index in [1.807, 2.05) is 11.6 Å². The van der Waals surface area contributed by atoms with Gasteiger partial charge in [-0.2, -0.15) is 0 Å². The van der Waals surface area contributed by atoms with Crippen molar-refractivity contribution in [1.29, 1.82) is 0 Å². The molecule has 0 radical (unpaired) electrons. The van der Waals surface area contributed by atoms with Crippen LogP contribution < -0.4 is 14.8 Å². The standard InChI is InChI=1S/C18H22N4O5S2/c1-22-16(8-12-4-7-29(24,25)11-12)20-21-18(22)28-10-17(23)19-13-2-3-14-15(9-13)27-6-5-26-14/h2-3,9,12H,4-8,10-11H2,1H3,(H,19,23). The highest BCUT2D eigenvalue weighted by Gasteiger charge is 2.29. The Balaban J connectivity index is 1.31. The van der Waals surface area contributed by atoms with Crippen LogP contribution in [0.15, 0.2) is 23.4 Å². The summed E-state index contributed by atoms with van der Waals surface area (Å²) < 4.78 is 36.1. The Morgan fingerprint density at radius 3 is 2.83 bits per heavy atom. The Labute approximate surface area is 173 Å². The summed E-state index contributed by atoms with van der Waals surface area (Å²) in [7, 11) is -1.08. The van der Waals surface area contributed by atoms with Crippen LogP contribution in [0.3, 0.4) is 0 Å². The van der Waals surface area contributed by atoms with Crippen LogP contribution in [0.5, 0.6) is 11.5 Å². The third-order valence-corrected chi connectivity index (χ3v) is 7.74. The molecule has 29 heavy (non-hydrogen) atoms. The summed E-state index contributed by atoms with van der Waals surface area (Å²) in [6, 6.07) is 5.29. The Kier molecular flexibility index (Phi) is 5.68. The molecule has 0 aliphatic carbocycles. The minimum atomic E-state index is -2.91. The van der Waals surface area contributed by atoms with Gasteiger partial charge in [0, 0.05) is 25.2 Å². The zero-order valence-electron chi connectivity index (χ0n) is 16.0. The van der Waals surface area contributed by atoms with E-state index in [2.05, 4.69) is 15.5 Å². The average Bonchev–Trinajstić information content (AvgIpc) is 3.22. The van der Waals surface area contributed by atoms with Crippen LogP contribution in [0, 0.1) is 5.92 Å². The molecule has 2 aromatic rings. The molecule has 1 saturated heterocycles. The van der Waals surface area contributed by atoms with Crippen molar-refractivity contribution in [2.24, 2.45) is 13.0 Å². The van der Waals surface area contributed by atoms with Crippen molar-refractivity contribution in [3.05, 3.63) is 24.0 Å². The highest BCUT2D eigenvalue weighted by molar-refractivity contribution is 7.99. The Hall–Kier alpha value is -2.27. The van der Waals surface area contributed by atoms with Crippen molar-refractivity contribution in [2.75, 3.05) is 35.8 Å². The average molecular weight is 439 g/mol. The lowest BCUT2D eigenvalue weighted by molar-refractivity contribution is -0.113. The monoisotopic (exact) mass is 438 g/mol. The highest BCUT2D eigenvalue weighted by atomic mass is 32.2. The molecule has 2 aliphatic heterocycles. The molecule has 1 aromatic heterocycles. The molecule has 2 aliphatic rings. The summed E-state index contributed by atoms with van der Waals surface area (Å²) in [5.74, 6) is 2.58. The maximum Gasteiger partial charge on any atom is 0.234 e. The molecule has 1 amide bonds. The minimum absolute atomic E-state index is 0.0826. The first-order chi connectivity index (χ1) is 13.9. The molecule has 0 bridgehead atoms. The molecule has 1 unspecified atom stereocenters. The van der Waals surface area contributed by atoms with E-state index in [9.17, 15) is 13.2 Å². The fraction of sp³-hybridized carbons (Fsp3) is 0.500. The third-order valence-electron chi connectivity index (χ3n) is 4.88. The summed E-state index contributed by atoms with van der Waals surface area (Å²) in [5.41, 5.74) is 0.640. The van der Waals surface area contributed by atoms with Crippen LogP contribution in [0.25, 0.3) is 0 Å². The number of hydrogen-bond acceptors (Lipinski definition) is 8. The smallest absolute Gasteiger partial charge is 0.234 e. The third kappa shape index (κ3) is 4.84. The molecule has 1 fully saturated rings. The summed E-state index contributed by atoms with van der Waals surface area (Å²) in [5, 5.41) is 11.8.